The fourth-order valence-electron chi connectivity index (χ4n) is 3.92. The highest BCUT2D eigenvalue weighted by Gasteiger charge is 2.25. The van der Waals surface area contributed by atoms with Gasteiger partial charge in [-0.05, 0) is 45.4 Å². The average Bonchev–Trinajstić information content (AvgIpc) is 3.14. The zero-order valence-corrected chi connectivity index (χ0v) is 14.8. The Balaban J connectivity index is 1.57. The molecule has 0 amide bonds. The van der Waals surface area contributed by atoms with Crippen LogP contribution in [0.1, 0.15) is 37.1 Å². The summed E-state index contributed by atoms with van der Waals surface area (Å²) < 4.78 is 9.29. The van der Waals surface area contributed by atoms with Gasteiger partial charge in [-0.3, -0.25) is 14.1 Å². The molecule has 0 unspecified atom stereocenters. The van der Waals surface area contributed by atoms with Gasteiger partial charge in [-0.2, -0.15) is 5.10 Å². The van der Waals surface area contributed by atoms with Crippen LogP contribution >= 0.6 is 0 Å². The maximum absolute atomic E-state index is 12.4. The number of aryl methyl sites for hydroxylation is 1. The molecule has 2 aromatic heterocycles. The Hall–Kier alpha value is -2.34. The smallest absolute Gasteiger partial charge is 0.408 e. The molecule has 1 atom stereocenters. The summed E-state index contributed by atoms with van der Waals surface area (Å²) in [5.41, 5.74) is 4.07. The standard InChI is InChI=1S/C19H24N4O2/c1-3-22-14(2)15(11-20-22)12-21-10-6-7-16(13-21)23-17-8-4-5-9-18(17)25-19(23)24/h4-5,8-9,11,16H,3,6-7,10,12-13H2,1-2H3/t16-/m0/s1. The molecule has 0 spiro atoms. The monoisotopic (exact) mass is 340 g/mol. The van der Waals surface area contributed by atoms with Gasteiger partial charge in [0.25, 0.3) is 0 Å². The van der Waals surface area contributed by atoms with Crippen molar-refractivity contribution in [3.63, 3.8) is 0 Å². The minimum absolute atomic E-state index is 0.159. The van der Waals surface area contributed by atoms with Gasteiger partial charge in [0.1, 0.15) is 0 Å². The molecule has 132 valence electrons. The molecule has 3 heterocycles. The predicted octanol–water partition coefficient (Wildman–Crippen LogP) is 2.96. The highest BCUT2D eigenvalue weighted by Crippen LogP contribution is 2.26. The van der Waals surface area contributed by atoms with Gasteiger partial charge < -0.3 is 4.42 Å². The Bertz CT molecular complexity index is 936. The Kier molecular flexibility index (Phi) is 4.21. The van der Waals surface area contributed by atoms with Crippen LogP contribution in [-0.2, 0) is 13.1 Å². The number of hydrogen-bond donors (Lipinski definition) is 0. The fraction of sp³-hybridized carbons (Fsp3) is 0.474. The SMILES string of the molecule is CCn1ncc(CN2CCC[C@H](n3c(=O)oc4ccccc43)C2)c1C. The molecule has 1 aliphatic rings. The van der Waals surface area contributed by atoms with E-state index in [1.807, 2.05) is 39.7 Å². The number of likely N-dealkylation sites (tertiary alicyclic amines) is 1. The summed E-state index contributed by atoms with van der Waals surface area (Å²) in [6, 6.07) is 7.84. The number of para-hydroxylation sites is 2. The first kappa shape index (κ1) is 16.1. The van der Waals surface area contributed by atoms with Gasteiger partial charge in [0, 0.05) is 30.9 Å². The molecule has 0 aliphatic carbocycles. The fourth-order valence-corrected chi connectivity index (χ4v) is 3.92. The Morgan fingerprint density at radius 2 is 2.16 bits per heavy atom. The molecule has 1 fully saturated rings. The molecule has 1 aromatic carbocycles. The van der Waals surface area contributed by atoms with Gasteiger partial charge in [-0.15, -0.1) is 0 Å². The van der Waals surface area contributed by atoms with Gasteiger partial charge in [0.05, 0.1) is 17.8 Å². The largest absolute Gasteiger partial charge is 0.420 e. The molecule has 1 aliphatic heterocycles. The molecule has 0 N–H and O–H groups in total. The molecule has 6 heteroatoms. The summed E-state index contributed by atoms with van der Waals surface area (Å²) in [6.07, 6.45) is 4.06. The average molecular weight is 340 g/mol. The third kappa shape index (κ3) is 2.91. The summed E-state index contributed by atoms with van der Waals surface area (Å²) in [4.78, 5) is 14.8. The molecule has 1 saturated heterocycles. The second-order valence-electron chi connectivity index (χ2n) is 6.81. The van der Waals surface area contributed by atoms with Crippen molar-refractivity contribution in [3.05, 3.63) is 52.3 Å². The van der Waals surface area contributed by atoms with Crippen molar-refractivity contribution in [2.24, 2.45) is 0 Å². The maximum Gasteiger partial charge on any atom is 0.420 e. The molecule has 0 radical (unpaired) electrons. The van der Waals surface area contributed by atoms with E-state index in [0.717, 1.165) is 44.5 Å². The zero-order valence-electron chi connectivity index (χ0n) is 14.8. The van der Waals surface area contributed by atoms with Crippen molar-refractivity contribution in [3.8, 4) is 0 Å². The lowest BCUT2D eigenvalue weighted by Crippen LogP contribution is -2.38. The highest BCUT2D eigenvalue weighted by molar-refractivity contribution is 5.72. The van der Waals surface area contributed by atoms with Crippen molar-refractivity contribution in [2.75, 3.05) is 13.1 Å². The first-order chi connectivity index (χ1) is 12.2. The Morgan fingerprint density at radius 1 is 1.32 bits per heavy atom. The van der Waals surface area contributed by atoms with E-state index in [-0.39, 0.29) is 11.8 Å². The third-order valence-electron chi connectivity index (χ3n) is 5.26. The number of piperidine rings is 1. The lowest BCUT2D eigenvalue weighted by Gasteiger charge is -2.32. The van der Waals surface area contributed by atoms with Gasteiger partial charge in [-0.1, -0.05) is 12.1 Å². The van der Waals surface area contributed by atoms with E-state index in [9.17, 15) is 4.79 Å². The molecule has 3 aromatic rings. The van der Waals surface area contributed by atoms with Crippen molar-refractivity contribution in [2.45, 2.75) is 45.8 Å². The minimum atomic E-state index is -0.247. The molecular formula is C19H24N4O2. The van der Waals surface area contributed by atoms with Crippen LogP contribution in [0.2, 0.25) is 0 Å². The van der Waals surface area contributed by atoms with E-state index < -0.39 is 0 Å². The number of nitrogens with zero attached hydrogens (tertiary/aromatic N) is 4. The van der Waals surface area contributed by atoms with Gasteiger partial charge in [0.15, 0.2) is 5.58 Å². The number of benzene rings is 1. The van der Waals surface area contributed by atoms with Crippen LogP contribution in [0, 0.1) is 6.92 Å². The van der Waals surface area contributed by atoms with Crippen LogP contribution in [0.3, 0.4) is 0 Å². The molecule has 6 nitrogen and oxygen atoms in total. The van der Waals surface area contributed by atoms with Crippen LogP contribution < -0.4 is 5.76 Å². The molecule has 4 rings (SSSR count). The minimum Gasteiger partial charge on any atom is -0.408 e. The van der Waals surface area contributed by atoms with E-state index >= 15 is 0 Å². The van der Waals surface area contributed by atoms with E-state index in [0.29, 0.717) is 5.58 Å². The van der Waals surface area contributed by atoms with Crippen molar-refractivity contribution < 1.29 is 4.42 Å². The lowest BCUT2D eigenvalue weighted by molar-refractivity contribution is 0.167. The lowest BCUT2D eigenvalue weighted by atomic mass is 10.0. The van der Waals surface area contributed by atoms with Gasteiger partial charge in [-0.25, -0.2) is 4.79 Å². The summed E-state index contributed by atoms with van der Waals surface area (Å²) >= 11 is 0. The van der Waals surface area contributed by atoms with E-state index in [4.69, 9.17) is 4.42 Å². The summed E-state index contributed by atoms with van der Waals surface area (Å²) in [6.45, 7) is 7.92. The Morgan fingerprint density at radius 3 is 2.96 bits per heavy atom. The molecular weight excluding hydrogens is 316 g/mol. The number of rotatable bonds is 4. The number of fused-ring (bicyclic) bond motifs is 1. The van der Waals surface area contributed by atoms with Crippen molar-refractivity contribution >= 4 is 11.1 Å². The van der Waals surface area contributed by atoms with Crippen LogP contribution in [-0.4, -0.2) is 32.3 Å². The van der Waals surface area contributed by atoms with E-state index in [1.54, 1.807) is 0 Å². The van der Waals surface area contributed by atoms with Crippen molar-refractivity contribution in [1.82, 2.24) is 19.2 Å². The highest BCUT2D eigenvalue weighted by atomic mass is 16.4. The molecule has 0 bridgehead atoms. The topological polar surface area (TPSA) is 56.2 Å². The summed E-state index contributed by atoms with van der Waals surface area (Å²) in [5, 5.41) is 4.44. The normalized spacial score (nSPS) is 18.9. The van der Waals surface area contributed by atoms with Crippen LogP contribution in [0.5, 0.6) is 0 Å². The third-order valence-corrected chi connectivity index (χ3v) is 5.26. The van der Waals surface area contributed by atoms with Gasteiger partial charge >= 0.3 is 5.76 Å². The summed E-state index contributed by atoms with van der Waals surface area (Å²) in [5.74, 6) is -0.247. The zero-order chi connectivity index (χ0) is 17.4. The van der Waals surface area contributed by atoms with Crippen LogP contribution in [0.4, 0.5) is 0 Å². The van der Waals surface area contributed by atoms with Crippen molar-refractivity contribution in [1.29, 1.82) is 0 Å². The second-order valence-corrected chi connectivity index (χ2v) is 6.81. The first-order valence-electron chi connectivity index (χ1n) is 9.01. The Labute approximate surface area is 146 Å². The number of aromatic nitrogens is 3. The van der Waals surface area contributed by atoms with E-state index in [1.165, 1.54) is 11.3 Å². The maximum atomic E-state index is 12.4. The number of hydrogen-bond acceptors (Lipinski definition) is 4. The van der Waals surface area contributed by atoms with Crippen LogP contribution in [0.25, 0.3) is 11.1 Å². The molecule has 0 saturated carbocycles. The number of oxazole rings is 1. The molecule has 25 heavy (non-hydrogen) atoms. The second kappa shape index (κ2) is 6.52. The van der Waals surface area contributed by atoms with Crippen LogP contribution in [0.15, 0.2) is 39.7 Å². The predicted molar refractivity (Wildman–Crippen MR) is 96.7 cm³/mol. The first-order valence-corrected chi connectivity index (χ1v) is 9.01. The van der Waals surface area contributed by atoms with E-state index in [2.05, 4.69) is 23.8 Å². The summed E-state index contributed by atoms with van der Waals surface area (Å²) in [7, 11) is 0. The quantitative estimate of drug-likeness (QED) is 0.733. The van der Waals surface area contributed by atoms with Gasteiger partial charge in [0.2, 0.25) is 0 Å².